The third-order valence-electron chi connectivity index (χ3n) is 3.26. The second-order valence-electron chi connectivity index (χ2n) is 4.88. The largest absolute Gasteiger partial charge is 0.477 e. The molecule has 1 saturated heterocycles. The Morgan fingerprint density at radius 2 is 2.47 bits per heavy atom. The number of likely N-dealkylation sites (N-methyl/N-ethyl adjacent to an activating group) is 1. The molecule has 1 aliphatic heterocycles. The fourth-order valence-electron chi connectivity index (χ4n) is 2.16. The highest BCUT2D eigenvalue weighted by Crippen LogP contribution is 2.21. The molecule has 0 bridgehead atoms. The van der Waals surface area contributed by atoms with Crippen molar-refractivity contribution in [3.8, 4) is 0 Å². The zero-order valence-electron chi connectivity index (χ0n) is 11.3. The molecule has 2 heterocycles. The molecule has 1 aliphatic rings. The highest BCUT2D eigenvalue weighted by molar-refractivity contribution is 7.14. The molecule has 0 aliphatic carbocycles. The summed E-state index contributed by atoms with van der Waals surface area (Å²) in [6.45, 7) is 6.15. The first-order valence-corrected chi connectivity index (χ1v) is 7.21. The van der Waals surface area contributed by atoms with Crippen molar-refractivity contribution in [3.05, 3.63) is 21.4 Å². The number of thiophene rings is 1. The van der Waals surface area contributed by atoms with Crippen LogP contribution in [0, 0.1) is 6.92 Å². The van der Waals surface area contributed by atoms with E-state index in [1.165, 1.54) is 11.3 Å². The standard InChI is InChI=1S/C13H20N2O3S/c1-9-10(5-12(19-9)13(16)17)6-14-7-11-8-15(2)3-4-18-11/h5,11,14H,3-4,6-8H2,1-2H3,(H,16,17). The van der Waals surface area contributed by atoms with Crippen LogP contribution in [0.5, 0.6) is 0 Å². The fourth-order valence-corrected chi connectivity index (χ4v) is 3.04. The zero-order valence-corrected chi connectivity index (χ0v) is 12.1. The monoisotopic (exact) mass is 284 g/mol. The number of aromatic carboxylic acids is 1. The van der Waals surface area contributed by atoms with Crippen molar-refractivity contribution in [1.29, 1.82) is 0 Å². The minimum Gasteiger partial charge on any atom is -0.477 e. The van der Waals surface area contributed by atoms with Crippen LogP contribution >= 0.6 is 11.3 Å². The van der Waals surface area contributed by atoms with Crippen LogP contribution in [0.25, 0.3) is 0 Å². The van der Waals surface area contributed by atoms with E-state index in [1.54, 1.807) is 6.07 Å². The van der Waals surface area contributed by atoms with E-state index in [4.69, 9.17) is 9.84 Å². The third kappa shape index (κ3) is 4.01. The zero-order chi connectivity index (χ0) is 13.8. The quantitative estimate of drug-likeness (QED) is 0.850. The molecule has 0 radical (unpaired) electrons. The van der Waals surface area contributed by atoms with Crippen LogP contribution in [0.15, 0.2) is 6.07 Å². The minimum absolute atomic E-state index is 0.219. The maximum atomic E-state index is 10.9. The molecule has 2 rings (SSSR count). The molecule has 106 valence electrons. The van der Waals surface area contributed by atoms with Gasteiger partial charge in [0.05, 0.1) is 12.7 Å². The van der Waals surface area contributed by atoms with Crippen molar-refractivity contribution < 1.29 is 14.6 Å². The second kappa shape index (κ2) is 6.47. The van der Waals surface area contributed by atoms with E-state index in [0.29, 0.717) is 11.4 Å². The van der Waals surface area contributed by atoms with Crippen LogP contribution in [0.4, 0.5) is 0 Å². The number of hydrogen-bond acceptors (Lipinski definition) is 5. The molecule has 0 amide bonds. The maximum absolute atomic E-state index is 10.9. The van der Waals surface area contributed by atoms with Crippen LogP contribution in [0.3, 0.4) is 0 Å². The predicted octanol–water partition coefficient (Wildman–Crippen LogP) is 1.17. The normalized spacial score (nSPS) is 20.6. The molecule has 1 aromatic heterocycles. The summed E-state index contributed by atoms with van der Waals surface area (Å²) in [6, 6.07) is 1.75. The van der Waals surface area contributed by atoms with Crippen molar-refractivity contribution in [3.63, 3.8) is 0 Å². The highest BCUT2D eigenvalue weighted by Gasteiger charge is 2.17. The van der Waals surface area contributed by atoms with Gasteiger partial charge in [-0.15, -0.1) is 11.3 Å². The van der Waals surface area contributed by atoms with Crippen molar-refractivity contribution in [2.24, 2.45) is 0 Å². The number of hydrogen-bond donors (Lipinski definition) is 2. The van der Waals surface area contributed by atoms with E-state index in [-0.39, 0.29) is 6.10 Å². The third-order valence-corrected chi connectivity index (χ3v) is 4.34. The Hall–Kier alpha value is -0.950. The topological polar surface area (TPSA) is 61.8 Å². The van der Waals surface area contributed by atoms with Gasteiger partial charge in [-0.3, -0.25) is 0 Å². The van der Waals surface area contributed by atoms with Crippen LogP contribution in [0.2, 0.25) is 0 Å². The molecule has 0 saturated carbocycles. The molecule has 6 heteroatoms. The molecule has 2 N–H and O–H groups in total. The number of ether oxygens (including phenoxy) is 1. The predicted molar refractivity (Wildman–Crippen MR) is 75.0 cm³/mol. The summed E-state index contributed by atoms with van der Waals surface area (Å²) in [5, 5.41) is 12.3. The maximum Gasteiger partial charge on any atom is 0.345 e. The SMILES string of the molecule is Cc1sc(C(=O)O)cc1CNCC1CN(C)CCO1. The number of carboxylic acid groups (broad SMARTS) is 1. The smallest absolute Gasteiger partial charge is 0.345 e. The van der Waals surface area contributed by atoms with Gasteiger partial charge in [-0.25, -0.2) is 4.79 Å². The highest BCUT2D eigenvalue weighted by atomic mass is 32.1. The molecule has 1 aromatic rings. The summed E-state index contributed by atoms with van der Waals surface area (Å²) < 4.78 is 5.66. The Morgan fingerprint density at radius 3 is 3.11 bits per heavy atom. The van der Waals surface area contributed by atoms with Crippen molar-refractivity contribution in [2.75, 3.05) is 33.3 Å². The lowest BCUT2D eigenvalue weighted by Gasteiger charge is -2.30. The first kappa shape index (κ1) is 14.5. The van der Waals surface area contributed by atoms with Gasteiger partial charge in [0, 0.05) is 31.1 Å². The molecule has 1 unspecified atom stereocenters. The van der Waals surface area contributed by atoms with Crippen molar-refractivity contribution in [1.82, 2.24) is 10.2 Å². The van der Waals surface area contributed by atoms with Gasteiger partial charge in [0.15, 0.2) is 0 Å². The number of rotatable bonds is 5. The molecule has 0 spiro atoms. The lowest BCUT2D eigenvalue weighted by molar-refractivity contribution is -0.0182. The number of carboxylic acids is 1. The number of carbonyl (C=O) groups is 1. The van der Waals surface area contributed by atoms with Crippen LogP contribution in [-0.2, 0) is 11.3 Å². The summed E-state index contributed by atoms with van der Waals surface area (Å²) in [4.78, 5) is 14.6. The fraction of sp³-hybridized carbons (Fsp3) is 0.615. The first-order valence-electron chi connectivity index (χ1n) is 6.39. The van der Waals surface area contributed by atoms with Crippen molar-refractivity contribution in [2.45, 2.75) is 19.6 Å². The summed E-state index contributed by atoms with van der Waals surface area (Å²) in [5.41, 5.74) is 1.06. The van der Waals surface area contributed by atoms with Gasteiger partial charge in [-0.1, -0.05) is 0 Å². The van der Waals surface area contributed by atoms with E-state index in [9.17, 15) is 4.79 Å². The summed E-state index contributed by atoms with van der Waals surface area (Å²) in [6.07, 6.45) is 0.219. The Balaban J connectivity index is 1.80. The average Bonchev–Trinajstić information content (AvgIpc) is 2.71. The number of nitrogens with zero attached hydrogens (tertiary/aromatic N) is 1. The van der Waals surface area contributed by atoms with Crippen LogP contribution in [0.1, 0.15) is 20.1 Å². The Bertz CT molecular complexity index is 447. The van der Waals surface area contributed by atoms with E-state index in [0.717, 1.165) is 36.7 Å². The molecule has 0 aromatic carbocycles. The molecule has 5 nitrogen and oxygen atoms in total. The minimum atomic E-state index is -0.850. The van der Waals surface area contributed by atoms with Gasteiger partial charge >= 0.3 is 5.97 Å². The Kier molecular flexibility index (Phi) is 4.93. The molecular formula is C13H20N2O3S. The molecular weight excluding hydrogens is 264 g/mol. The van der Waals surface area contributed by atoms with Gasteiger partial charge in [0.2, 0.25) is 0 Å². The first-order chi connectivity index (χ1) is 9.06. The van der Waals surface area contributed by atoms with E-state index in [2.05, 4.69) is 17.3 Å². The lowest BCUT2D eigenvalue weighted by atomic mass is 10.2. The Labute approximate surface area is 117 Å². The van der Waals surface area contributed by atoms with Gasteiger partial charge in [0.1, 0.15) is 4.88 Å². The summed E-state index contributed by atoms with van der Waals surface area (Å²) in [7, 11) is 2.09. The lowest BCUT2D eigenvalue weighted by Crippen LogP contribution is -2.44. The summed E-state index contributed by atoms with van der Waals surface area (Å²) >= 11 is 1.33. The number of morpholine rings is 1. The van der Waals surface area contributed by atoms with Gasteiger partial charge < -0.3 is 20.1 Å². The van der Waals surface area contributed by atoms with Crippen LogP contribution < -0.4 is 5.32 Å². The average molecular weight is 284 g/mol. The van der Waals surface area contributed by atoms with Gasteiger partial charge in [0.25, 0.3) is 0 Å². The molecule has 1 atom stereocenters. The summed E-state index contributed by atoms with van der Waals surface area (Å²) in [5.74, 6) is -0.850. The van der Waals surface area contributed by atoms with Gasteiger partial charge in [-0.05, 0) is 25.6 Å². The number of nitrogens with one attached hydrogen (secondary N) is 1. The number of aryl methyl sites for hydroxylation is 1. The van der Waals surface area contributed by atoms with Gasteiger partial charge in [-0.2, -0.15) is 0 Å². The Morgan fingerprint density at radius 1 is 1.68 bits per heavy atom. The second-order valence-corrected chi connectivity index (χ2v) is 6.14. The molecule has 19 heavy (non-hydrogen) atoms. The van der Waals surface area contributed by atoms with Crippen LogP contribution in [-0.4, -0.2) is 55.4 Å². The molecule has 1 fully saturated rings. The van der Waals surface area contributed by atoms with Crippen molar-refractivity contribution >= 4 is 17.3 Å². The van der Waals surface area contributed by atoms with E-state index >= 15 is 0 Å². The van der Waals surface area contributed by atoms with E-state index in [1.807, 2.05) is 6.92 Å². The van der Waals surface area contributed by atoms with E-state index < -0.39 is 5.97 Å².